The van der Waals surface area contributed by atoms with E-state index in [1.165, 1.54) is 6.07 Å². The summed E-state index contributed by atoms with van der Waals surface area (Å²) in [6, 6.07) is 3.43. The maximum Gasteiger partial charge on any atom is 0.416 e. The van der Waals surface area contributed by atoms with Gasteiger partial charge in [0, 0.05) is 12.4 Å². The molecule has 0 aliphatic carbocycles. The molecule has 1 N–H and O–H groups in total. The average molecular weight is 281 g/mol. The van der Waals surface area contributed by atoms with E-state index in [1.807, 2.05) is 0 Å². The third-order valence-electron chi connectivity index (χ3n) is 3.08. The number of alkyl halides is 3. The predicted molar refractivity (Wildman–Crippen MR) is 69.1 cm³/mol. The first kappa shape index (κ1) is 14.5. The molecule has 0 saturated heterocycles. The van der Waals surface area contributed by atoms with Crippen molar-refractivity contribution in [3.63, 3.8) is 0 Å². The molecule has 0 radical (unpaired) electrons. The van der Waals surface area contributed by atoms with Gasteiger partial charge >= 0.3 is 6.18 Å². The van der Waals surface area contributed by atoms with Gasteiger partial charge in [-0.05, 0) is 37.2 Å². The number of rotatable bonds is 3. The molecule has 1 atom stereocenters. The van der Waals surface area contributed by atoms with Crippen LogP contribution >= 0.6 is 0 Å². The summed E-state index contributed by atoms with van der Waals surface area (Å²) in [6.07, 6.45) is 0.373. The number of nitrogens with one attached hydrogen (secondary N) is 1. The zero-order chi connectivity index (χ0) is 14.8. The van der Waals surface area contributed by atoms with Crippen molar-refractivity contribution in [2.24, 2.45) is 0 Å². The van der Waals surface area contributed by atoms with Crippen molar-refractivity contribution in [1.82, 2.24) is 15.3 Å². The number of benzene rings is 1. The van der Waals surface area contributed by atoms with Gasteiger partial charge in [0.25, 0.3) is 0 Å². The van der Waals surface area contributed by atoms with Crippen LogP contribution in [-0.2, 0) is 6.18 Å². The van der Waals surface area contributed by atoms with Gasteiger partial charge in [0.15, 0.2) is 0 Å². The van der Waals surface area contributed by atoms with E-state index in [0.717, 1.165) is 17.7 Å². The summed E-state index contributed by atoms with van der Waals surface area (Å²) in [4.78, 5) is 8.17. The summed E-state index contributed by atoms with van der Waals surface area (Å²) in [5, 5.41) is 3.05. The van der Waals surface area contributed by atoms with Crippen molar-refractivity contribution in [2.75, 3.05) is 7.05 Å². The molecule has 106 valence electrons. The number of hydrogen-bond donors (Lipinski definition) is 1. The Labute approximate surface area is 114 Å². The minimum Gasteiger partial charge on any atom is -0.308 e. The van der Waals surface area contributed by atoms with Gasteiger partial charge < -0.3 is 5.32 Å². The van der Waals surface area contributed by atoms with Crippen LogP contribution in [0, 0.1) is 6.92 Å². The molecule has 3 nitrogen and oxygen atoms in total. The molecular weight excluding hydrogens is 267 g/mol. The van der Waals surface area contributed by atoms with Crippen LogP contribution in [0.4, 0.5) is 13.2 Å². The lowest BCUT2D eigenvalue weighted by atomic mass is 9.97. The Morgan fingerprint density at radius 2 is 1.95 bits per heavy atom. The van der Waals surface area contributed by atoms with E-state index >= 15 is 0 Å². The molecule has 20 heavy (non-hydrogen) atoms. The number of nitrogens with zero attached hydrogens (tertiary/aromatic N) is 2. The van der Waals surface area contributed by atoms with Gasteiger partial charge in [0.2, 0.25) is 0 Å². The second-order valence-corrected chi connectivity index (χ2v) is 4.42. The third kappa shape index (κ3) is 2.96. The van der Waals surface area contributed by atoms with E-state index in [-0.39, 0.29) is 6.04 Å². The molecule has 6 heteroatoms. The monoisotopic (exact) mass is 281 g/mol. The highest BCUT2D eigenvalue weighted by molar-refractivity contribution is 5.37. The number of aryl methyl sites for hydroxylation is 1. The second-order valence-electron chi connectivity index (χ2n) is 4.42. The fraction of sp³-hybridized carbons (Fsp3) is 0.286. The van der Waals surface area contributed by atoms with Gasteiger partial charge in [0.05, 0.1) is 23.5 Å². The second kappa shape index (κ2) is 5.58. The Hall–Kier alpha value is -1.95. The van der Waals surface area contributed by atoms with Crippen molar-refractivity contribution in [2.45, 2.75) is 19.1 Å². The van der Waals surface area contributed by atoms with Crippen molar-refractivity contribution in [3.8, 4) is 0 Å². The normalized spacial score (nSPS) is 13.2. The lowest BCUT2D eigenvalue weighted by Crippen LogP contribution is -2.20. The van der Waals surface area contributed by atoms with Gasteiger partial charge in [-0.3, -0.25) is 9.97 Å². The highest BCUT2D eigenvalue weighted by atomic mass is 19.4. The summed E-state index contributed by atoms with van der Waals surface area (Å²) >= 11 is 0. The van der Waals surface area contributed by atoms with Crippen LogP contribution in [0.2, 0.25) is 0 Å². The molecule has 0 amide bonds. The molecule has 1 aromatic carbocycles. The minimum atomic E-state index is -4.33. The van der Waals surface area contributed by atoms with Gasteiger partial charge in [-0.25, -0.2) is 0 Å². The lowest BCUT2D eigenvalue weighted by molar-refractivity contribution is -0.137. The molecule has 1 heterocycles. The molecular formula is C14H14F3N3. The van der Waals surface area contributed by atoms with E-state index in [2.05, 4.69) is 15.3 Å². The van der Waals surface area contributed by atoms with Crippen molar-refractivity contribution in [1.29, 1.82) is 0 Å². The first-order chi connectivity index (χ1) is 9.43. The van der Waals surface area contributed by atoms with E-state index in [9.17, 15) is 13.2 Å². The molecule has 1 aromatic heterocycles. The third-order valence-corrected chi connectivity index (χ3v) is 3.08. The number of hydrogen-bond acceptors (Lipinski definition) is 3. The van der Waals surface area contributed by atoms with Gasteiger partial charge in [0.1, 0.15) is 0 Å². The van der Waals surface area contributed by atoms with Crippen LogP contribution in [0.1, 0.15) is 28.4 Å². The van der Waals surface area contributed by atoms with E-state index in [0.29, 0.717) is 11.3 Å². The predicted octanol–water partition coefficient (Wildman–Crippen LogP) is 3.11. The molecule has 0 saturated carbocycles. The van der Waals surface area contributed by atoms with Gasteiger partial charge in [-0.1, -0.05) is 6.07 Å². The molecule has 0 bridgehead atoms. The first-order valence-corrected chi connectivity index (χ1v) is 6.04. The van der Waals surface area contributed by atoms with Gasteiger partial charge in [-0.15, -0.1) is 0 Å². The fourth-order valence-corrected chi connectivity index (χ4v) is 2.10. The van der Waals surface area contributed by atoms with E-state index in [4.69, 9.17) is 0 Å². The molecule has 2 rings (SSSR count). The van der Waals surface area contributed by atoms with Gasteiger partial charge in [-0.2, -0.15) is 13.2 Å². The summed E-state index contributed by atoms with van der Waals surface area (Å²) in [6.45, 7) is 1.66. The summed E-state index contributed by atoms with van der Waals surface area (Å²) < 4.78 is 38.0. The Morgan fingerprint density at radius 3 is 2.45 bits per heavy atom. The zero-order valence-electron chi connectivity index (χ0n) is 11.1. The number of aromatic nitrogens is 2. The lowest BCUT2D eigenvalue weighted by Gasteiger charge is -2.19. The standard InChI is InChI=1S/C14H14F3N3/c1-9-7-10(14(15,16)17)3-4-11(9)13(18-2)12-8-19-5-6-20-12/h3-8,13,18H,1-2H3. The maximum atomic E-state index is 12.7. The Bertz CT molecular complexity index is 582. The summed E-state index contributed by atoms with van der Waals surface area (Å²) in [7, 11) is 1.73. The van der Waals surface area contributed by atoms with Crippen molar-refractivity contribution in [3.05, 3.63) is 59.2 Å². The Balaban J connectivity index is 2.42. The van der Waals surface area contributed by atoms with Crippen LogP contribution < -0.4 is 5.32 Å². The molecule has 0 aliphatic heterocycles. The largest absolute Gasteiger partial charge is 0.416 e. The quantitative estimate of drug-likeness (QED) is 0.939. The zero-order valence-corrected chi connectivity index (χ0v) is 11.1. The topological polar surface area (TPSA) is 37.8 Å². The van der Waals surface area contributed by atoms with Crippen molar-refractivity contribution < 1.29 is 13.2 Å². The molecule has 2 aromatic rings. The molecule has 1 unspecified atom stereocenters. The van der Waals surface area contributed by atoms with E-state index in [1.54, 1.807) is 32.6 Å². The first-order valence-electron chi connectivity index (χ1n) is 6.04. The van der Waals surface area contributed by atoms with Crippen LogP contribution in [0.3, 0.4) is 0 Å². The molecule has 0 aliphatic rings. The molecule has 0 fully saturated rings. The SMILES string of the molecule is CNC(c1cnccn1)c1ccc(C(F)(F)F)cc1C. The van der Waals surface area contributed by atoms with Crippen LogP contribution in [0.15, 0.2) is 36.8 Å². The van der Waals surface area contributed by atoms with Crippen LogP contribution in [0.5, 0.6) is 0 Å². The van der Waals surface area contributed by atoms with Crippen LogP contribution in [-0.4, -0.2) is 17.0 Å². The highest BCUT2D eigenvalue weighted by Crippen LogP contribution is 2.32. The van der Waals surface area contributed by atoms with Crippen LogP contribution in [0.25, 0.3) is 0 Å². The smallest absolute Gasteiger partial charge is 0.308 e. The number of halogens is 3. The van der Waals surface area contributed by atoms with Crippen molar-refractivity contribution >= 4 is 0 Å². The maximum absolute atomic E-state index is 12.7. The minimum absolute atomic E-state index is 0.286. The Kier molecular flexibility index (Phi) is 4.04. The fourth-order valence-electron chi connectivity index (χ4n) is 2.10. The summed E-state index contributed by atoms with van der Waals surface area (Å²) in [5.41, 5.74) is 1.33. The summed E-state index contributed by atoms with van der Waals surface area (Å²) in [5.74, 6) is 0. The molecule has 0 spiro atoms. The highest BCUT2D eigenvalue weighted by Gasteiger charge is 2.31. The van der Waals surface area contributed by atoms with E-state index < -0.39 is 11.7 Å². The Morgan fingerprint density at radius 1 is 1.20 bits per heavy atom. The average Bonchev–Trinajstić information content (AvgIpc) is 2.41.